The number of carbonyl (C=O) groups is 1. The quantitative estimate of drug-likeness (QED) is 0.761. The molecule has 1 aromatic carbocycles. The van der Waals surface area contributed by atoms with E-state index in [1.807, 2.05) is 25.1 Å². The number of rotatable bonds is 5. The molecule has 1 aliphatic heterocycles. The van der Waals surface area contributed by atoms with Crippen LogP contribution >= 0.6 is 15.9 Å². The molecule has 0 spiro atoms. The van der Waals surface area contributed by atoms with Crippen LogP contribution in [0.25, 0.3) is 0 Å². The highest BCUT2D eigenvalue weighted by Crippen LogP contribution is 2.40. The summed E-state index contributed by atoms with van der Waals surface area (Å²) in [4.78, 5) is 12.6. The van der Waals surface area contributed by atoms with Crippen LogP contribution in [0.3, 0.4) is 0 Å². The molecule has 0 saturated carbocycles. The van der Waals surface area contributed by atoms with Crippen LogP contribution < -0.4 is 10.1 Å². The van der Waals surface area contributed by atoms with Crippen molar-refractivity contribution in [1.29, 1.82) is 0 Å². The smallest absolute Gasteiger partial charge is 0.338 e. The Balaban J connectivity index is 2.20. The van der Waals surface area contributed by atoms with Crippen LogP contribution in [0.4, 0.5) is 5.95 Å². The largest absolute Gasteiger partial charge is 0.494 e. The molecule has 25 heavy (non-hydrogen) atoms. The molecule has 2 heterocycles. The van der Waals surface area contributed by atoms with E-state index in [1.165, 1.54) is 0 Å². The van der Waals surface area contributed by atoms with Crippen molar-refractivity contribution in [3.63, 3.8) is 0 Å². The predicted octanol–water partition coefficient (Wildman–Crippen LogP) is 2.69. The zero-order valence-electron chi connectivity index (χ0n) is 14.1. The lowest BCUT2D eigenvalue weighted by molar-refractivity contribution is -0.139. The first-order valence-electron chi connectivity index (χ1n) is 7.91. The number of allylic oxidation sites excluding steroid dienone is 1. The number of tetrazole rings is 1. The molecule has 0 amide bonds. The second kappa shape index (κ2) is 7.22. The summed E-state index contributed by atoms with van der Waals surface area (Å²) in [5, 5.41) is 14.8. The maximum atomic E-state index is 12.6. The highest BCUT2D eigenvalue weighted by molar-refractivity contribution is 9.10. The number of hydrogen-bond donors (Lipinski definition) is 1. The summed E-state index contributed by atoms with van der Waals surface area (Å²) in [7, 11) is 0. The molecule has 1 unspecified atom stereocenters. The van der Waals surface area contributed by atoms with Crippen molar-refractivity contribution in [2.45, 2.75) is 26.8 Å². The number of halogens is 1. The van der Waals surface area contributed by atoms with E-state index in [4.69, 9.17) is 9.47 Å². The number of nitrogens with zero attached hydrogens (tertiary/aromatic N) is 4. The van der Waals surface area contributed by atoms with Gasteiger partial charge in [-0.05, 0) is 49.4 Å². The minimum absolute atomic E-state index is 0.279. The van der Waals surface area contributed by atoms with Crippen LogP contribution in [0.2, 0.25) is 0 Å². The molecule has 1 atom stereocenters. The number of nitrogens with one attached hydrogen (secondary N) is 1. The first-order chi connectivity index (χ1) is 12.1. The topological polar surface area (TPSA) is 91.2 Å². The van der Waals surface area contributed by atoms with Gasteiger partial charge in [0.2, 0.25) is 5.95 Å². The SMILES string of the molecule is CCOC(=O)C1=C(C)Nc2nnnn2C1c1cc(Br)ccc1OCC. The Bertz CT molecular complexity index is 833. The van der Waals surface area contributed by atoms with E-state index in [0.29, 0.717) is 29.6 Å². The van der Waals surface area contributed by atoms with E-state index < -0.39 is 12.0 Å². The van der Waals surface area contributed by atoms with E-state index in [2.05, 4.69) is 36.8 Å². The molecule has 2 aromatic rings. The fourth-order valence-electron chi connectivity index (χ4n) is 2.79. The number of ether oxygens (including phenoxy) is 2. The molecule has 1 aromatic heterocycles. The molecule has 0 saturated heterocycles. The molecule has 0 bridgehead atoms. The standard InChI is InChI=1S/C16H18BrN5O3/c1-4-24-12-7-6-10(17)8-11(12)14-13(15(23)25-5-2)9(3)18-16-19-20-21-22(14)16/h6-8,14H,4-5H2,1-3H3,(H,18,19,21). The highest BCUT2D eigenvalue weighted by atomic mass is 79.9. The monoisotopic (exact) mass is 407 g/mol. The first kappa shape index (κ1) is 17.4. The maximum absolute atomic E-state index is 12.6. The lowest BCUT2D eigenvalue weighted by Gasteiger charge is -2.28. The molecule has 1 N–H and O–H groups in total. The fourth-order valence-corrected chi connectivity index (χ4v) is 3.17. The van der Waals surface area contributed by atoms with Crippen molar-refractivity contribution < 1.29 is 14.3 Å². The van der Waals surface area contributed by atoms with Gasteiger partial charge in [0.05, 0.1) is 18.8 Å². The summed E-state index contributed by atoms with van der Waals surface area (Å²) in [6.45, 7) is 6.26. The molecule has 3 rings (SSSR count). The molecule has 1 aliphatic rings. The predicted molar refractivity (Wildman–Crippen MR) is 94.2 cm³/mol. The average molecular weight is 408 g/mol. The summed E-state index contributed by atoms with van der Waals surface area (Å²) >= 11 is 3.48. The lowest BCUT2D eigenvalue weighted by Crippen LogP contribution is -2.30. The number of aromatic nitrogens is 4. The van der Waals surface area contributed by atoms with E-state index in [9.17, 15) is 4.79 Å². The van der Waals surface area contributed by atoms with Gasteiger partial charge in [-0.3, -0.25) is 0 Å². The molecule has 8 nitrogen and oxygen atoms in total. The van der Waals surface area contributed by atoms with Gasteiger partial charge >= 0.3 is 5.97 Å². The van der Waals surface area contributed by atoms with Gasteiger partial charge in [0.1, 0.15) is 11.8 Å². The van der Waals surface area contributed by atoms with Crippen LogP contribution in [0.1, 0.15) is 32.4 Å². The third-order valence-corrected chi connectivity index (χ3v) is 4.27. The van der Waals surface area contributed by atoms with Gasteiger partial charge in [-0.2, -0.15) is 4.68 Å². The number of fused-ring (bicyclic) bond motifs is 1. The van der Waals surface area contributed by atoms with Gasteiger partial charge in [-0.1, -0.05) is 21.0 Å². The second-order valence-corrected chi connectivity index (χ2v) is 6.26. The van der Waals surface area contributed by atoms with Crippen molar-refractivity contribution in [3.05, 3.63) is 39.5 Å². The van der Waals surface area contributed by atoms with E-state index >= 15 is 0 Å². The second-order valence-electron chi connectivity index (χ2n) is 5.35. The summed E-state index contributed by atoms with van der Waals surface area (Å²) in [6.07, 6.45) is 0. The maximum Gasteiger partial charge on any atom is 0.338 e. The minimum Gasteiger partial charge on any atom is -0.494 e. The van der Waals surface area contributed by atoms with E-state index in [0.717, 1.165) is 10.0 Å². The fraction of sp³-hybridized carbons (Fsp3) is 0.375. The van der Waals surface area contributed by atoms with Crippen molar-refractivity contribution in [1.82, 2.24) is 20.2 Å². The Labute approximate surface area is 153 Å². The summed E-state index contributed by atoms with van der Waals surface area (Å²) in [5.41, 5.74) is 1.86. The van der Waals surface area contributed by atoms with Crippen molar-refractivity contribution in [3.8, 4) is 5.75 Å². The van der Waals surface area contributed by atoms with Crippen LogP contribution in [-0.2, 0) is 9.53 Å². The zero-order chi connectivity index (χ0) is 18.0. The summed E-state index contributed by atoms with van der Waals surface area (Å²) in [6, 6.07) is 5.09. The minimum atomic E-state index is -0.552. The first-order valence-corrected chi connectivity index (χ1v) is 8.71. The van der Waals surface area contributed by atoms with Gasteiger partial charge in [0.15, 0.2) is 0 Å². The molecule has 132 valence electrons. The number of benzene rings is 1. The van der Waals surface area contributed by atoms with Crippen LogP contribution in [0, 0.1) is 0 Å². The molecular formula is C16H18BrN5O3. The van der Waals surface area contributed by atoms with Gasteiger partial charge in [-0.15, -0.1) is 0 Å². The zero-order valence-corrected chi connectivity index (χ0v) is 15.7. The highest BCUT2D eigenvalue weighted by Gasteiger charge is 2.36. The number of hydrogen-bond acceptors (Lipinski definition) is 7. The number of carbonyl (C=O) groups excluding carboxylic acids is 1. The lowest BCUT2D eigenvalue weighted by atomic mass is 9.95. The molecule has 0 radical (unpaired) electrons. The molecule has 0 fully saturated rings. The van der Waals surface area contributed by atoms with Crippen molar-refractivity contribution >= 4 is 27.8 Å². The normalized spacial score (nSPS) is 16.2. The van der Waals surface area contributed by atoms with Crippen LogP contribution in [-0.4, -0.2) is 39.4 Å². The Morgan fingerprint density at radius 3 is 2.88 bits per heavy atom. The number of esters is 1. The third kappa shape index (κ3) is 3.23. The van der Waals surface area contributed by atoms with Crippen LogP contribution in [0.5, 0.6) is 5.75 Å². The van der Waals surface area contributed by atoms with Gasteiger partial charge in [0, 0.05) is 15.7 Å². The van der Waals surface area contributed by atoms with E-state index in [1.54, 1.807) is 18.5 Å². The van der Waals surface area contributed by atoms with Crippen molar-refractivity contribution in [2.24, 2.45) is 0 Å². The molecular weight excluding hydrogens is 390 g/mol. The summed E-state index contributed by atoms with van der Waals surface area (Å²) in [5.74, 6) is 0.702. The Morgan fingerprint density at radius 2 is 2.16 bits per heavy atom. The molecule has 9 heteroatoms. The van der Waals surface area contributed by atoms with Crippen molar-refractivity contribution in [2.75, 3.05) is 18.5 Å². The Kier molecular flexibility index (Phi) is 5.03. The average Bonchev–Trinajstić information content (AvgIpc) is 3.03. The van der Waals surface area contributed by atoms with Crippen LogP contribution in [0.15, 0.2) is 33.9 Å². The Morgan fingerprint density at radius 1 is 1.36 bits per heavy atom. The third-order valence-electron chi connectivity index (χ3n) is 3.78. The Hall–Kier alpha value is -2.42. The van der Waals surface area contributed by atoms with Gasteiger partial charge < -0.3 is 14.8 Å². The summed E-state index contributed by atoms with van der Waals surface area (Å²) < 4.78 is 13.4. The van der Waals surface area contributed by atoms with Gasteiger partial charge in [-0.25, -0.2) is 4.79 Å². The van der Waals surface area contributed by atoms with E-state index in [-0.39, 0.29) is 6.61 Å². The van der Waals surface area contributed by atoms with Gasteiger partial charge in [0.25, 0.3) is 0 Å². The molecule has 0 aliphatic carbocycles. The number of anilines is 1.